The SMILES string of the molecule is CCNC(=O)[C@@H](C)N(Cc1cccc(C)c1)C(=O)CN(c1ccc(C)c(C)c1)S(=O)(=O)c1ccc(C)cc1. The zero-order chi connectivity index (χ0) is 28.0. The van der Waals surface area contributed by atoms with Gasteiger partial charge in [-0.2, -0.15) is 0 Å². The fraction of sp³-hybridized carbons (Fsp3) is 0.333. The van der Waals surface area contributed by atoms with Crippen LogP contribution in [-0.2, 0) is 26.2 Å². The fourth-order valence-electron chi connectivity index (χ4n) is 4.16. The molecule has 1 atom stereocenters. The Hall–Kier alpha value is -3.65. The average molecular weight is 536 g/mol. The highest BCUT2D eigenvalue weighted by atomic mass is 32.2. The maximum Gasteiger partial charge on any atom is 0.264 e. The molecule has 0 aliphatic carbocycles. The van der Waals surface area contributed by atoms with Crippen LogP contribution in [0.3, 0.4) is 0 Å². The van der Waals surface area contributed by atoms with Crippen molar-refractivity contribution >= 4 is 27.5 Å². The van der Waals surface area contributed by atoms with E-state index in [1.54, 1.807) is 43.3 Å². The second-order valence-electron chi connectivity index (χ2n) is 9.67. The number of sulfonamides is 1. The summed E-state index contributed by atoms with van der Waals surface area (Å²) >= 11 is 0. The van der Waals surface area contributed by atoms with E-state index in [2.05, 4.69) is 5.32 Å². The first-order valence-electron chi connectivity index (χ1n) is 12.7. The first-order chi connectivity index (χ1) is 17.9. The molecule has 0 bridgehead atoms. The van der Waals surface area contributed by atoms with Gasteiger partial charge in [0.05, 0.1) is 10.6 Å². The molecule has 0 fully saturated rings. The van der Waals surface area contributed by atoms with E-state index in [9.17, 15) is 18.0 Å². The molecule has 3 aromatic rings. The normalized spacial score (nSPS) is 12.1. The van der Waals surface area contributed by atoms with Gasteiger partial charge in [-0.15, -0.1) is 0 Å². The molecule has 0 aliphatic heterocycles. The van der Waals surface area contributed by atoms with Gasteiger partial charge in [0.1, 0.15) is 12.6 Å². The summed E-state index contributed by atoms with van der Waals surface area (Å²) in [5, 5.41) is 2.77. The van der Waals surface area contributed by atoms with Crippen molar-refractivity contribution in [2.24, 2.45) is 0 Å². The molecule has 202 valence electrons. The van der Waals surface area contributed by atoms with Gasteiger partial charge >= 0.3 is 0 Å². The van der Waals surface area contributed by atoms with E-state index in [0.717, 1.165) is 32.1 Å². The Morgan fingerprint density at radius 2 is 1.55 bits per heavy atom. The van der Waals surface area contributed by atoms with Gasteiger partial charge in [0.2, 0.25) is 11.8 Å². The summed E-state index contributed by atoms with van der Waals surface area (Å²) in [5.74, 6) is -0.771. The van der Waals surface area contributed by atoms with Crippen molar-refractivity contribution in [2.75, 3.05) is 17.4 Å². The zero-order valence-corrected chi connectivity index (χ0v) is 23.8. The van der Waals surface area contributed by atoms with Crippen molar-refractivity contribution in [3.63, 3.8) is 0 Å². The zero-order valence-electron chi connectivity index (χ0n) is 23.0. The Labute approximate surface area is 226 Å². The molecule has 7 nitrogen and oxygen atoms in total. The monoisotopic (exact) mass is 535 g/mol. The number of anilines is 1. The molecule has 0 heterocycles. The summed E-state index contributed by atoms with van der Waals surface area (Å²) in [5.41, 5.74) is 5.12. The number of likely N-dealkylation sites (N-methyl/N-ethyl adjacent to an activating group) is 1. The topological polar surface area (TPSA) is 86.8 Å². The van der Waals surface area contributed by atoms with Crippen molar-refractivity contribution in [2.45, 2.75) is 59.0 Å². The van der Waals surface area contributed by atoms with Crippen LogP contribution in [-0.4, -0.2) is 44.3 Å². The Kier molecular flexibility index (Phi) is 9.33. The summed E-state index contributed by atoms with van der Waals surface area (Å²) in [7, 11) is -4.08. The highest BCUT2D eigenvalue weighted by Gasteiger charge is 2.32. The molecular formula is C30H37N3O4S. The molecule has 2 amide bonds. The molecule has 38 heavy (non-hydrogen) atoms. The van der Waals surface area contributed by atoms with Crippen molar-refractivity contribution < 1.29 is 18.0 Å². The molecule has 1 N–H and O–H groups in total. The predicted octanol–water partition coefficient (Wildman–Crippen LogP) is 4.67. The molecule has 0 radical (unpaired) electrons. The molecule has 0 aromatic heterocycles. The van der Waals surface area contributed by atoms with Crippen LogP contribution in [0.25, 0.3) is 0 Å². The number of aryl methyl sites for hydroxylation is 4. The van der Waals surface area contributed by atoms with Crippen LogP contribution in [0.2, 0.25) is 0 Å². The maximum atomic E-state index is 13.9. The number of carbonyl (C=O) groups is 2. The molecule has 8 heteroatoms. The standard InChI is InChI=1S/C30H37N3O4S/c1-7-31-30(35)25(6)32(19-26-10-8-9-22(3)17-26)29(34)20-33(27-14-13-23(4)24(5)18-27)38(36,37)28-15-11-21(2)12-16-28/h8-18,25H,7,19-20H2,1-6H3,(H,31,35)/t25-/m1/s1. The van der Waals surface area contributed by atoms with Crippen LogP contribution in [0, 0.1) is 27.7 Å². The van der Waals surface area contributed by atoms with E-state index in [0.29, 0.717) is 12.2 Å². The minimum absolute atomic E-state index is 0.0936. The lowest BCUT2D eigenvalue weighted by molar-refractivity contribution is -0.139. The lowest BCUT2D eigenvalue weighted by Gasteiger charge is -2.32. The smallest absolute Gasteiger partial charge is 0.264 e. The number of nitrogens with zero attached hydrogens (tertiary/aromatic N) is 2. The van der Waals surface area contributed by atoms with Gasteiger partial charge in [0, 0.05) is 13.1 Å². The summed E-state index contributed by atoms with van der Waals surface area (Å²) in [6.45, 7) is 11.3. The Balaban J connectivity index is 2.06. The van der Waals surface area contributed by atoms with Crippen LogP contribution >= 0.6 is 0 Å². The number of carbonyl (C=O) groups excluding carboxylic acids is 2. The first-order valence-corrected chi connectivity index (χ1v) is 14.2. The minimum atomic E-state index is -4.08. The summed E-state index contributed by atoms with van der Waals surface area (Å²) < 4.78 is 28.9. The van der Waals surface area contributed by atoms with Gasteiger partial charge in [-0.05, 0) is 82.5 Å². The second-order valence-corrected chi connectivity index (χ2v) is 11.5. The van der Waals surface area contributed by atoms with Gasteiger partial charge in [-0.25, -0.2) is 8.42 Å². The highest BCUT2D eigenvalue weighted by molar-refractivity contribution is 7.92. The minimum Gasteiger partial charge on any atom is -0.355 e. The van der Waals surface area contributed by atoms with Crippen molar-refractivity contribution in [1.29, 1.82) is 0 Å². The number of nitrogens with one attached hydrogen (secondary N) is 1. The third-order valence-electron chi connectivity index (χ3n) is 6.62. The quantitative estimate of drug-likeness (QED) is 0.409. The largest absolute Gasteiger partial charge is 0.355 e. The van der Waals surface area contributed by atoms with Crippen molar-refractivity contribution in [3.8, 4) is 0 Å². The van der Waals surface area contributed by atoms with E-state index in [4.69, 9.17) is 0 Å². The van der Waals surface area contributed by atoms with E-state index >= 15 is 0 Å². The number of rotatable bonds is 10. The van der Waals surface area contributed by atoms with Crippen molar-refractivity contribution in [1.82, 2.24) is 10.2 Å². The average Bonchev–Trinajstić information content (AvgIpc) is 2.87. The third-order valence-corrected chi connectivity index (χ3v) is 8.41. The molecule has 0 aliphatic rings. The van der Waals surface area contributed by atoms with Crippen LogP contribution in [0.5, 0.6) is 0 Å². The molecule has 0 spiro atoms. The third kappa shape index (κ3) is 6.81. The Morgan fingerprint density at radius 3 is 2.16 bits per heavy atom. The molecule has 0 saturated heterocycles. The lowest BCUT2D eigenvalue weighted by atomic mass is 10.1. The van der Waals surface area contributed by atoms with E-state index in [1.165, 1.54) is 4.90 Å². The van der Waals surface area contributed by atoms with Crippen LogP contribution in [0.15, 0.2) is 71.6 Å². The maximum absolute atomic E-state index is 13.9. The second kappa shape index (κ2) is 12.3. The van der Waals surface area contributed by atoms with Gasteiger partial charge in [0.15, 0.2) is 0 Å². The molecule has 3 aromatic carbocycles. The predicted molar refractivity (Wildman–Crippen MR) is 152 cm³/mol. The number of hydrogen-bond donors (Lipinski definition) is 1. The number of hydrogen-bond acceptors (Lipinski definition) is 4. The Morgan fingerprint density at radius 1 is 0.868 bits per heavy atom. The van der Waals surface area contributed by atoms with Gasteiger partial charge in [0.25, 0.3) is 10.0 Å². The summed E-state index contributed by atoms with van der Waals surface area (Å²) in [6.07, 6.45) is 0. The first kappa shape index (κ1) is 28.9. The molecular weight excluding hydrogens is 498 g/mol. The molecule has 0 unspecified atom stereocenters. The number of amides is 2. The highest BCUT2D eigenvalue weighted by Crippen LogP contribution is 2.27. The lowest BCUT2D eigenvalue weighted by Crippen LogP contribution is -2.51. The summed E-state index contributed by atoms with van der Waals surface area (Å²) in [4.78, 5) is 28.2. The molecule has 3 rings (SSSR count). The van der Waals surface area contributed by atoms with Gasteiger partial charge in [-0.3, -0.25) is 13.9 Å². The van der Waals surface area contributed by atoms with E-state index in [1.807, 2.05) is 65.0 Å². The Bertz CT molecular complexity index is 1400. The van der Waals surface area contributed by atoms with Crippen LogP contribution < -0.4 is 9.62 Å². The molecule has 0 saturated carbocycles. The van der Waals surface area contributed by atoms with Crippen LogP contribution in [0.4, 0.5) is 5.69 Å². The fourth-order valence-corrected chi connectivity index (χ4v) is 5.56. The van der Waals surface area contributed by atoms with Crippen LogP contribution in [0.1, 0.15) is 41.7 Å². The summed E-state index contributed by atoms with van der Waals surface area (Å²) in [6, 6.07) is 18.8. The van der Waals surface area contributed by atoms with E-state index < -0.39 is 28.5 Å². The van der Waals surface area contributed by atoms with Gasteiger partial charge < -0.3 is 10.2 Å². The van der Waals surface area contributed by atoms with Gasteiger partial charge in [-0.1, -0.05) is 53.6 Å². The van der Waals surface area contributed by atoms with E-state index in [-0.39, 0.29) is 17.3 Å². The van der Waals surface area contributed by atoms with Crippen molar-refractivity contribution in [3.05, 3.63) is 94.5 Å². The number of benzene rings is 3.